The highest BCUT2D eigenvalue weighted by Crippen LogP contribution is 2.60. The molecule has 0 aromatic carbocycles. The predicted molar refractivity (Wildman–Crippen MR) is 69.9 cm³/mol. The SMILES string of the molecule is CCN(CCO)C(=O)C12CC3CC(CC(C3)C1)C2. The van der Waals surface area contributed by atoms with Crippen LogP contribution in [-0.4, -0.2) is 35.6 Å². The van der Waals surface area contributed by atoms with Gasteiger partial charge in [-0.2, -0.15) is 0 Å². The van der Waals surface area contributed by atoms with Crippen LogP contribution in [0, 0.1) is 23.2 Å². The van der Waals surface area contributed by atoms with E-state index in [9.17, 15) is 4.79 Å². The van der Waals surface area contributed by atoms with Crippen molar-refractivity contribution in [2.45, 2.75) is 45.4 Å². The third kappa shape index (κ3) is 1.87. The van der Waals surface area contributed by atoms with Gasteiger partial charge in [0.05, 0.1) is 12.0 Å². The van der Waals surface area contributed by atoms with Gasteiger partial charge in [0.1, 0.15) is 0 Å². The minimum Gasteiger partial charge on any atom is -0.395 e. The Morgan fingerprint density at radius 3 is 2.06 bits per heavy atom. The van der Waals surface area contributed by atoms with Gasteiger partial charge >= 0.3 is 0 Å². The number of carbonyl (C=O) groups is 1. The molecule has 3 heteroatoms. The van der Waals surface area contributed by atoms with Crippen molar-refractivity contribution >= 4 is 5.91 Å². The zero-order valence-electron chi connectivity index (χ0n) is 11.4. The van der Waals surface area contributed by atoms with Crippen LogP contribution < -0.4 is 0 Å². The van der Waals surface area contributed by atoms with Gasteiger partial charge in [0.25, 0.3) is 0 Å². The van der Waals surface area contributed by atoms with Crippen LogP contribution in [0.25, 0.3) is 0 Å². The molecule has 18 heavy (non-hydrogen) atoms. The van der Waals surface area contributed by atoms with Crippen molar-refractivity contribution in [2.75, 3.05) is 19.7 Å². The molecule has 0 atom stereocenters. The fourth-order valence-electron chi connectivity index (χ4n) is 5.23. The van der Waals surface area contributed by atoms with Crippen LogP contribution in [0.5, 0.6) is 0 Å². The van der Waals surface area contributed by atoms with E-state index in [2.05, 4.69) is 0 Å². The Bertz CT molecular complexity index is 304. The molecule has 1 amide bonds. The summed E-state index contributed by atoms with van der Waals surface area (Å²) in [4.78, 5) is 14.7. The average Bonchev–Trinajstić information content (AvgIpc) is 2.33. The highest BCUT2D eigenvalue weighted by molar-refractivity contribution is 5.83. The van der Waals surface area contributed by atoms with Crippen molar-refractivity contribution in [1.82, 2.24) is 4.90 Å². The molecule has 0 unspecified atom stereocenters. The van der Waals surface area contributed by atoms with Crippen LogP contribution in [0.3, 0.4) is 0 Å². The second-order valence-corrected chi connectivity index (χ2v) is 6.81. The maximum atomic E-state index is 12.8. The number of aliphatic hydroxyl groups excluding tert-OH is 1. The summed E-state index contributed by atoms with van der Waals surface area (Å²) >= 11 is 0. The summed E-state index contributed by atoms with van der Waals surface area (Å²) in [6, 6.07) is 0. The number of amides is 1. The number of likely N-dealkylation sites (N-methyl/N-ethyl adjacent to an activating group) is 1. The van der Waals surface area contributed by atoms with E-state index in [-0.39, 0.29) is 12.0 Å². The first-order chi connectivity index (χ1) is 8.66. The Balaban J connectivity index is 1.80. The zero-order chi connectivity index (χ0) is 12.8. The second kappa shape index (κ2) is 4.52. The molecule has 0 saturated heterocycles. The molecule has 0 aromatic rings. The Morgan fingerprint density at radius 1 is 1.17 bits per heavy atom. The van der Waals surface area contributed by atoms with E-state index >= 15 is 0 Å². The van der Waals surface area contributed by atoms with Gasteiger partial charge in [0.2, 0.25) is 5.91 Å². The lowest BCUT2D eigenvalue weighted by molar-refractivity contribution is -0.157. The molecule has 4 saturated carbocycles. The summed E-state index contributed by atoms with van der Waals surface area (Å²) in [5, 5.41) is 9.10. The van der Waals surface area contributed by atoms with E-state index in [1.54, 1.807) is 0 Å². The fraction of sp³-hybridized carbons (Fsp3) is 0.933. The number of rotatable bonds is 4. The lowest BCUT2D eigenvalue weighted by atomic mass is 9.49. The van der Waals surface area contributed by atoms with Crippen molar-refractivity contribution in [3.05, 3.63) is 0 Å². The molecule has 0 heterocycles. The normalized spacial score (nSPS) is 41.1. The van der Waals surface area contributed by atoms with Crippen molar-refractivity contribution in [1.29, 1.82) is 0 Å². The minimum atomic E-state index is -0.0417. The first-order valence-electron chi connectivity index (χ1n) is 7.57. The lowest BCUT2D eigenvalue weighted by Gasteiger charge is -2.56. The Labute approximate surface area is 110 Å². The van der Waals surface area contributed by atoms with Gasteiger partial charge in [-0.3, -0.25) is 4.79 Å². The van der Waals surface area contributed by atoms with E-state index in [0.717, 1.165) is 43.6 Å². The van der Waals surface area contributed by atoms with Crippen LogP contribution in [0.1, 0.15) is 45.4 Å². The molecular formula is C15H25NO2. The van der Waals surface area contributed by atoms with Gasteiger partial charge in [-0.1, -0.05) is 0 Å². The summed E-state index contributed by atoms with van der Waals surface area (Å²) in [7, 11) is 0. The van der Waals surface area contributed by atoms with Crippen LogP contribution in [0.15, 0.2) is 0 Å². The smallest absolute Gasteiger partial charge is 0.228 e. The Morgan fingerprint density at radius 2 is 1.67 bits per heavy atom. The number of hydrogen-bond donors (Lipinski definition) is 1. The summed E-state index contributed by atoms with van der Waals surface area (Å²) in [5.41, 5.74) is -0.0417. The molecular weight excluding hydrogens is 226 g/mol. The molecule has 4 aliphatic rings. The van der Waals surface area contributed by atoms with E-state index < -0.39 is 0 Å². The highest BCUT2D eigenvalue weighted by atomic mass is 16.3. The molecule has 4 fully saturated rings. The molecule has 0 aliphatic heterocycles. The Kier molecular flexibility index (Phi) is 3.13. The maximum Gasteiger partial charge on any atom is 0.228 e. The Hall–Kier alpha value is -0.570. The molecule has 3 nitrogen and oxygen atoms in total. The molecule has 1 N–H and O–H groups in total. The van der Waals surface area contributed by atoms with Crippen LogP contribution in [0.4, 0.5) is 0 Å². The highest BCUT2D eigenvalue weighted by Gasteiger charge is 2.55. The maximum absolute atomic E-state index is 12.8. The molecule has 0 aromatic heterocycles. The van der Waals surface area contributed by atoms with E-state index in [4.69, 9.17) is 5.11 Å². The van der Waals surface area contributed by atoms with Crippen LogP contribution >= 0.6 is 0 Å². The first-order valence-corrected chi connectivity index (χ1v) is 7.57. The second-order valence-electron chi connectivity index (χ2n) is 6.81. The molecule has 102 valence electrons. The predicted octanol–water partition coefficient (Wildman–Crippen LogP) is 2.04. The van der Waals surface area contributed by atoms with Gasteiger partial charge in [-0.25, -0.2) is 0 Å². The number of hydrogen-bond acceptors (Lipinski definition) is 2. The molecule has 4 rings (SSSR count). The van der Waals surface area contributed by atoms with Crippen LogP contribution in [-0.2, 0) is 4.79 Å². The van der Waals surface area contributed by atoms with Crippen molar-refractivity contribution in [2.24, 2.45) is 23.2 Å². The lowest BCUT2D eigenvalue weighted by Crippen LogP contribution is -2.55. The monoisotopic (exact) mass is 251 g/mol. The number of carbonyl (C=O) groups excluding carboxylic acids is 1. The van der Waals surface area contributed by atoms with Gasteiger partial charge < -0.3 is 10.0 Å². The third-order valence-electron chi connectivity index (χ3n) is 5.53. The van der Waals surface area contributed by atoms with E-state index in [0.29, 0.717) is 12.5 Å². The first kappa shape index (κ1) is 12.5. The van der Waals surface area contributed by atoms with Crippen LogP contribution in [0.2, 0.25) is 0 Å². The summed E-state index contributed by atoms with van der Waals surface area (Å²) in [6.07, 6.45) is 7.50. The van der Waals surface area contributed by atoms with Crippen molar-refractivity contribution in [3.8, 4) is 0 Å². The molecule has 4 bridgehead atoms. The van der Waals surface area contributed by atoms with Gasteiger partial charge in [0.15, 0.2) is 0 Å². The van der Waals surface area contributed by atoms with Gasteiger partial charge in [-0.05, 0) is 63.2 Å². The fourth-order valence-corrected chi connectivity index (χ4v) is 5.23. The zero-order valence-corrected chi connectivity index (χ0v) is 11.4. The van der Waals surface area contributed by atoms with E-state index in [1.807, 2.05) is 11.8 Å². The quantitative estimate of drug-likeness (QED) is 0.830. The molecule has 4 aliphatic carbocycles. The van der Waals surface area contributed by atoms with Crippen molar-refractivity contribution in [3.63, 3.8) is 0 Å². The standard InChI is InChI=1S/C15H25NO2/c1-2-16(3-4-17)14(18)15-8-11-5-12(9-15)7-13(6-11)10-15/h11-13,17H,2-10H2,1H3. The molecule has 0 radical (unpaired) electrons. The largest absolute Gasteiger partial charge is 0.395 e. The molecule has 0 spiro atoms. The number of aliphatic hydroxyl groups is 1. The van der Waals surface area contributed by atoms with Gasteiger partial charge in [-0.15, -0.1) is 0 Å². The van der Waals surface area contributed by atoms with Crippen molar-refractivity contribution < 1.29 is 9.90 Å². The summed E-state index contributed by atoms with van der Waals surface area (Å²) < 4.78 is 0. The van der Waals surface area contributed by atoms with E-state index in [1.165, 1.54) is 19.3 Å². The number of nitrogens with zero attached hydrogens (tertiary/aromatic N) is 1. The summed E-state index contributed by atoms with van der Waals surface area (Å²) in [5.74, 6) is 2.78. The summed E-state index contributed by atoms with van der Waals surface area (Å²) in [6.45, 7) is 3.36. The third-order valence-corrected chi connectivity index (χ3v) is 5.53. The minimum absolute atomic E-state index is 0.0417. The van der Waals surface area contributed by atoms with Gasteiger partial charge in [0, 0.05) is 13.1 Å². The topological polar surface area (TPSA) is 40.5 Å². The average molecular weight is 251 g/mol.